The first-order valence-electron chi connectivity index (χ1n) is 6.92. The van der Waals surface area contributed by atoms with Crippen molar-refractivity contribution in [2.45, 2.75) is 20.8 Å². The molecule has 0 aliphatic heterocycles. The Kier molecular flexibility index (Phi) is 3.96. The standard InChI is InChI=1S/C18H17NOSe/c1-12-8-7-9-13(2)16(12)19-18-20-17(14(3)21-18)15-10-5-4-6-11-15/h4-11H,1-3H3. The molecule has 1 aromatic heterocycles. The van der Waals surface area contributed by atoms with Crippen LogP contribution in [0.2, 0.25) is 0 Å². The second-order valence-electron chi connectivity index (χ2n) is 5.07. The average Bonchev–Trinajstić information content (AvgIpc) is 2.85. The van der Waals surface area contributed by atoms with E-state index < -0.39 is 0 Å². The molecule has 3 rings (SSSR count). The second kappa shape index (κ2) is 5.88. The first-order valence-corrected chi connectivity index (χ1v) is 8.63. The van der Waals surface area contributed by atoms with Crippen LogP contribution in [0.4, 0.5) is 5.69 Å². The Morgan fingerprint density at radius 1 is 0.857 bits per heavy atom. The number of hydrogen-bond donors (Lipinski definition) is 0. The first kappa shape index (κ1) is 14.1. The molecule has 0 saturated carbocycles. The number of rotatable bonds is 2. The molecule has 0 atom stereocenters. The van der Waals surface area contributed by atoms with Gasteiger partial charge in [-0.2, -0.15) is 0 Å². The number of para-hydroxylation sites is 1. The number of hydrogen-bond acceptors (Lipinski definition) is 2. The van der Waals surface area contributed by atoms with Gasteiger partial charge in [0.1, 0.15) is 0 Å². The summed E-state index contributed by atoms with van der Waals surface area (Å²) < 4.78 is 8.17. The molecule has 0 amide bonds. The Bertz CT molecular complexity index is 808. The van der Waals surface area contributed by atoms with Crippen LogP contribution in [0.3, 0.4) is 0 Å². The SMILES string of the molecule is Cc1cccc(C)c1N=c1oc(-c2ccccc2)c(C)[se]1. The van der Waals surface area contributed by atoms with Crippen molar-refractivity contribution in [2.24, 2.45) is 4.99 Å². The normalized spacial score (nSPS) is 11.9. The minimum absolute atomic E-state index is 0.167. The Morgan fingerprint density at radius 3 is 2.19 bits per heavy atom. The van der Waals surface area contributed by atoms with Gasteiger partial charge in [0.05, 0.1) is 0 Å². The Labute approximate surface area is 130 Å². The number of benzene rings is 2. The van der Waals surface area contributed by atoms with E-state index in [1.807, 2.05) is 18.2 Å². The summed E-state index contributed by atoms with van der Waals surface area (Å²) in [6, 6.07) is 16.5. The van der Waals surface area contributed by atoms with Gasteiger partial charge in [-0.05, 0) is 0 Å². The van der Waals surface area contributed by atoms with Gasteiger partial charge in [0.2, 0.25) is 0 Å². The van der Waals surface area contributed by atoms with Gasteiger partial charge in [0, 0.05) is 0 Å². The molecule has 3 heteroatoms. The summed E-state index contributed by atoms with van der Waals surface area (Å²) in [5.74, 6) is 0.973. The molecule has 21 heavy (non-hydrogen) atoms. The molecule has 1 heterocycles. The van der Waals surface area contributed by atoms with Gasteiger partial charge < -0.3 is 0 Å². The van der Waals surface area contributed by atoms with Crippen molar-refractivity contribution in [3.63, 3.8) is 0 Å². The monoisotopic (exact) mass is 343 g/mol. The summed E-state index contributed by atoms with van der Waals surface area (Å²) >= 11 is 0.167. The number of nitrogens with zero attached hydrogens (tertiary/aromatic N) is 1. The third-order valence-electron chi connectivity index (χ3n) is 3.43. The van der Waals surface area contributed by atoms with Gasteiger partial charge in [0.25, 0.3) is 0 Å². The maximum atomic E-state index is 6.03. The van der Waals surface area contributed by atoms with E-state index >= 15 is 0 Å². The van der Waals surface area contributed by atoms with E-state index in [1.54, 1.807) is 0 Å². The fraction of sp³-hybridized carbons (Fsp3) is 0.167. The van der Waals surface area contributed by atoms with Crippen LogP contribution in [0.5, 0.6) is 0 Å². The summed E-state index contributed by atoms with van der Waals surface area (Å²) in [5, 5.41) is 0. The third-order valence-corrected chi connectivity index (χ3v) is 5.19. The third kappa shape index (κ3) is 2.94. The van der Waals surface area contributed by atoms with Crippen molar-refractivity contribution in [1.29, 1.82) is 0 Å². The van der Waals surface area contributed by atoms with Crippen molar-refractivity contribution in [1.82, 2.24) is 0 Å². The van der Waals surface area contributed by atoms with Crippen LogP contribution >= 0.6 is 0 Å². The molecule has 0 saturated heterocycles. The van der Waals surface area contributed by atoms with Crippen LogP contribution in [-0.2, 0) is 0 Å². The molecule has 106 valence electrons. The van der Waals surface area contributed by atoms with Crippen molar-refractivity contribution in [3.8, 4) is 11.3 Å². The fourth-order valence-corrected chi connectivity index (χ4v) is 3.96. The summed E-state index contributed by atoms with van der Waals surface area (Å²) in [6.07, 6.45) is 0. The van der Waals surface area contributed by atoms with Crippen molar-refractivity contribution in [2.75, 3.05) is 0 Å². The van der Waals surface area contributed by atoms with Crippen LogP contribution < -0.4 is 4.43 Å². The molecule has 0 spiro atoms. The predicted molar refractivity (Wildman–Crippen MR) is 87.0 cm³/mol. The first-order chi connectivity index (χ1) is 10.1. The van der Waals surface area contributed by atoms with Crippen LogP contribution in [0, 0.1) is 20.8 Å². The van der Waals surface area contributed by atoms with E-state index in [0.717, 1.165) is 21.4 Å². The molecule has 3 aromatic rings. The quantitative estimate of drug-likeness (QED) is 0.642. The van der Waals surface area contributed by atoms with Gasteiger partial charge in [-0.3, -0.25) is 0 Å². The zero-order valence-corrected chi connectivity index (χ0v) is 14.1. The van der Waals surface area contributed by atoms with Gasteiger partial charge >= 0.3 is 130 Å². The summed E-state index contributed by atoms with van der Waals surface area (Å²) in [7, 11) is 0. The molecule has 0 bridgehead atoms. The zero-order valence-electron chi connectivity index (χ0n) is 12.4. The summed E-state index contributed by atoms with van der Waals surface area (Å²) in [6.45, 7) is 6.31. The van der Waals surface area contributed by atoms with E-state index in [1.165, 1.54) is 15.6 Å². The zero-order chi connectivity index (χ0) is 14.8. The topological polar surface area (TPSA) is 25.5 Å². The van der Waals surface area contributed by atoms with Gasteiger partial charge in [-0.25, -0.2) is 0 Å². The number of aryl methyl sites for hydroxylation is 3. The molecular weight excluding hydrogens is 325 g/mol. The second-order valence-corrected chi connectivity index (χ2v) is 7.52. The van der Waals surface area contributed by atoms with Crippen LogP contribution in [0.1, 0.15) is 15.6 Å². The van der Waals surface area contributed by atoms with Crippen molar-refractivity contribution < 1.29 is 4.42 Å². The molecule has 0 N–H and O–H groups in total. The van der Waals surface area contributed by atoms with Gasteiger partial charge in [-0.1, -0.05) is 0 Å². The molecule has 0 radical (unpaired) electrons. The van der Waals surface area contributed by atoms with E-state index in [4.69, 9.17) is 9.41 Å². The molecule has 2 aromatic carbocycles. The molecular formula is C18H17NOSe. The maximum absolute atomic E-state index is 6.03. The molecule has 2 nitrogen and oxygen atoms in total. The predicted octanol–water partition coefficient (Wildman–Crippen LogP) is 4.16. The molecule has 0 unspecified atom stereocenters. The van der Waals surface area contributed by atoms with Crippen LogP contribution in [0.25, 0.3) is 11.3 Å². The van der Waals surface area contributed by atoms with E-state index in [-0.39, 0.29) is 14.5 Å². The summed E-state index contributed by atoms with van der Waals surface area (Å²) in [5.41, 5.74) is 4.54. The van der Waals surface area contributed by atoms with E-state index in [2.05, 4.69) is 51.1 Å². The molecule has 0 fully saturated rings. The Morgan fingerprint density at radius 2 is 1.52 bits per heavy atom. The van der Waals surface area contributed by atoms with Gasteiger partial charge in [-0.15, -0.1) is 0 Å². The van der Waals surface area contributed by atoms with Gasteiger partial charge in [0.15, 0.2) is 0 Å². The van der Waals surface area contributed by atoms with E-state index in [0.29, 0.717) is 0 Å². The molecule has 0 aliphatic carbocycles. The summed E-state index contributed by atoms with van der Waals surface area (Å²) in [4.78, 5) is 4.76. The average molecular weight is 342 g/mol. The molecule has 0 aliphatic rings. The van der Waals surface area contributed by atoms with Crippen molar-refractivity contribution in [3.05, 3.63) is 68.5 Å². The Hall–Kier alpha value is -1.83. The fourth-order valence-electron chi connectivity index (χ4n) is 2.33. The van der Waals surface area contributed by atoms with Crippen LogP contribution in [-0.4, -0.2) is 14.5 Å². The minimum atomic E-state index is 0.167. The van der Waals surface area contributed by atoms with Crippen molar-refractivity contribution >= 4 is 20.2 Å². The van der Waals surface area contributed by atoms with E-state index in [9.17, 15) is 0 Å². The Balaban J connectivity index is 2.11. The van der Waals surface area contributed by atoms with Crippen LogP contribution in [0.15, 0.2) is 57.9 Å².